The summed E-state index contributed by atoms with van der Waals surface area (Å²) in [5.41, 5.74) is 3.31. The Balaban J connectivity index is 1.16. The van der Waals surface area contributed by atoms with Gasteiger partial charge in [0.15, 0.2) is 5.13 Å². The molecular formula is C21H21N7O2S2. The van der Waals surface area contributed by atoms with Gasteiger partial charge in [0.05, 0.1) is 28.4 Å². The van der Waals surface area contributed by atoms with Crippen molar-refractivity contribution < 1.29 is 9.90 Å². The zero-order valence-electron chi connectivity index (χ0n) is 17.0. The van der Waals surface area contributed by atoms with Crippen LogP contribution in [0.2, 0.25) is 0 Å². The van der Waals surface area contributed by atoms with E-state index in [-0.39, 0.29) is 12.6 Å². The number of aryl methyl sites for hydroxylation is 1. The minimum absolute atomic E-state index is 0.0645. The van der Waals surface area contributed by atoms with Gasteiger partial charge >= 0.3 is 6.03 Å². The van der Waals surface area contributed by atoms with Crippen molar-refractivity contribution in [3.63, 3.8) is 0 Å². The Hall–Kier alpha value is -3.15. The molecule has 0 aliphatic carbocycles. The van der Waals surface area contributed by atoms with Crippen LogP contribution in [0.3, 0.4) is 0 Å². The second-order valence-electron chi connectivity index (χ2n) is 7.18. The van der Waals surface area contributed by atoms with Crippen LogP contribution in [0.5, 0.6) is 0 Å². The third kappa shape index (κ3) is 4.27. The first-order valence-corrected chi connectivity index (χ1v) is 11.9. The number of nitrogens with zero attached hydrogens (tertiary/aromatic N) is 3. The van der Waals surface area contributed by atoms with Crippen molar-refractivity contribution in [1.82, 2.24) is 19.9 Å². The van der Waals surface area contributed by atoms with Gasteiger partial charge in [-0.3, -0.25) is 5.32 Å². The molecule has 5 rings (SSSR count). The first kappa shape index (κ1) is 20.7. The zero-order chi connectivity index (χ0) is 21.9. The van der Waals surface area contributed by atoms with E-state index in [1.165, 1.54) is 11.3 Å². The maximum Gasteiger partial charge on any atom is 0.325 e. The summed E-state index contributed by atoms with van der Waals surface area (Å²) in [7, 11) is 0. The Kier molecular flexibility index (Phi) is 5.93. The van der Waals surface area contributed by atoms with Gasteiger partial charge in [-0.25, -0.2) is 19.7 Å². The number of aliphatic hydroxyl groups is 1. The molecule has 0 radical (unpaired) electrons. The molecule has 0 bridgehead atoms. The quantitative estimate of drug-likeness (QED) is 0.279. The predicted octanol–water partition coefficient (Wildman–Crippen LogP) is 3.85. The lowest BCUT2D eigenvalue weighted by molar-refractivity contribution is 0.262. The average Bonchev–Trinajstić information content (AvgIpc) is 3.53. The molecule has 0 saturated carbocycles. The highest BCUT2D eigenvalue weighted by atomic mass is 32.2. The summed E-state index contributed by atoms with van der Waals surface area (Å²) in [4.78, 5) is 30.8. The number of carbonyl (C=O) groups is 1. The van der Waals surface area contributed by atoms with Crippen LogP contribution in [0.25, 0.3) is 10.9 Å². The molecule has 11 heteroatoms. The minimum Gasteiger partial charge on any atom is -0.392 e. The van der Waals surface area contributed by atoms with Gasteiger partial charge in [0.2, 0.25) is 0 Å². The molecule has 1 aliphatic rings. The summed E-state index contributed by atoms with van der Waals surface area (Å²) < 4.78 is 0. The van der Waals surface area contributed by atoms with Crippen LogP contribution >= 0.6 is 23.1 Å². The van der Waals surface area contributed by atoms with Gasteiger partial charge in [-0.1, -0.05) is 12.1 Å². The number of aromatic nitrogens is 4. The number of nitrogens with one attached hydrogen (secondary N) is 4. The zero-order valence-corrected chi connectivity index (χ0v) is 18.6. The molecule has 9 nitrogen and oxygen atoms in total. The predicted molar refractivity (Wildman–Crippen MR) is 128 cm³/mol. The van der Waals surface area contributed by atoms with Gasteiger partial charge in [0, 0.05) is 53.4 Å². The van der Waals surface area contributed by atoms with E-state index in [9.17, 15) is 9.90 Å². The molecular weight excluding hydrogens is 446 g/mol. The number of carbonyl (C=O) groups excluding carboxylic acids is 1. The van der Waals surface area contributed by atoms with Crippen molar-refractivity contribution in [1.29, 1.82) is 0 Å². The summed E-state index contributed by atoms with van der Waals surface area (Å²) in [5, 5.41) is 19.9. The van der Waals surface area contributed by atoms with Crippen LogP contribution in [0.1, 0.15) is 16.1 Å². The number of aromatic amines is 1. The van der Waals surface area contributed by atoms with Gasteiger partial charge in [-0.05, 0) is 6.07 Å². The van der Waals surface area contributed by atoms with E-state index in [2.05, 4.69) is 35.9 Å². The Morgan fingerprint density at radius 1 is 1.22 bits per heavy atom. The molecule has 4 heterocycles. The van der Waals surface area contributed by atoms with Crippen LogP contribution in [0.4, 0.5) is 21.4 Å². The van der Waals surface area contributed by atoms with Crippen LogP contribution in [-0.4, -0.2) is 43.4 Å². The first-order chi connectivity index (χ1) is 15.7. The Morgan fingerprint density at radius 3 is 3.06 bits per heavy atom. The number of thiazole rings is 1. The first-order valence-electron chi connectivity index (χ1n) is 10.1. The maximum atomic E-state index is 12.5. The van der Waals surface area contributed by atoms with Gasteiger partial charge < -0.3 is 20.7 Å². The van der Waals surface area contributed by atoms with E-state index < -0.39 is 0 Å². The monoisotopic (exact) mass is 467 g/mol. The highest BCUT2D eigenvalue weighted by Crippen LogP contribution is 2.34. The van der Waals surface area contributed by atoms with Crippen LogP contribution < -0.4 is 16.0 Å². The van der Waals surface area contributed by atoms with Gasteiger partial charge in [0.1, 0.15) is 12.1 Å². The van der Waals surface area contributed by atoms with E-state index in [4.69, 9.17) is 0 Å². The number of H-pyrrole nitrogens is 1. The second kappa shape index (κ2) is 9.15. The van der Waals surface area contributed by atoms with Gasteiger partial charge in [-0.2, -0.15) is 0 Å². The summed E-state index contributed by atoms with van der Waals surface area (Å²) in [5.74, 6) is 1.94. The number of hydrogen-bond acceptors (Lipinski definition) is 8. The van der Waals surface area contributed by atoms with Crippen molar-refractivity contribution in [2.24, 2.45) is 0 Å². The number of amides is 2. The molecule has 0 saturated heterocycles. The number of fused-ring (bicyclic) bond motifs is 2. The average molecular weight is 468 g/mol. The molecule has 0 unspecified atom stereocenters. The third-order valence-electron chi connectivity index (χ3n) is 5.12. The molecule has 4 aromatic rings. The molecule has 0 spiro atoms. The number of rotatable bonds is 7. The molecule has 2 amide bonds. The van der Waals surface area contributed by atoms with Crippen LogP contribution in [-0.2, 0) is 19.4 Å². The lowest BCUT2D eigenvalue weighted by Gasteiger charge is -2.08. The number of thioether (sulfide) groups is 1. The largest absolute Gasteiger partial charge is 0.392 e. The van der Waals surface area contributed by atoms with Gasteiger partial charge in [0.25, 0.3) is 0 Å². The summed E-state index contributed by atoms with van der Waals surface area (Å²) >= 11 is 3.23. The highest BCUT2D eigenvalue weighted by Gasteiger charge is 2.17. The van der Waals surface area contributed by atoms with Gasteiger partial charge in [-0.15, -0.1) is 23.1 Å². The molecule has 32 heavy (non-hydrogen) atoms. The molecule has 5 N–H and O–H groups in total. The number of para-hydroxylation sites is 1. The van der Waals surface area contributed by atoms with E-state index >= 15 is 0 Å². The number of anilines is 3. The van der Waals surface area contributed by atoms with Crippen molar-refractivity contribution in [2.45, 2.75) is 24.3 Å². The Labute approximate surface area is 192 Å². The standard InChI is InChI=1S/C21H21N7O2S2/c29-10-12-8-23-17-14(12)2-1-3-15(17)27-20(30)28-21-24-9-13(32-21)4-6-22-19-18-16(5-7-31-18)25-11-26-19/h1-3,8-9,11,23,29H,4-7,10H2,(H,22,25,26)(H2,24,27,28,30). The van der Waals surface area contributed by atoms with Crippen molar-refractivity contribution in [3.8, 4) is 0 Å². The number of benzene rings is 1. The fourth-order valence-electron chi connectivity index (χ4n) is 3.60. The molecule has 0 atom stereocenters. The van der Waals surface area contributed by atoms with Crippen molar-refractivity contribution in [3.05, 3.63) is 53.1 Å². The van der Waals surface area contributed by atoms with Crippen molar-refractivity contribution in [2.75, 3.05) is 28.2 Å². The van der Waals surface area contributed by atoms with E-state index in [1.54, 1.807) is 36.5 Å². The highest BCUT2D eigenvalue weighted by molar-refractivity contribution is 7.99. The molecule has 164 valence electrons. The van der Waals surface area contributed by atoms with Crippen LogP contribution in [0, 0.1) is 0 Å². The number of aliphatic hydroxyl groups excluding tert-OH is 1. The fourth-order valence-corrected chi connectivity index (χ4v) is 5.49. The topological polar surface area (TPSA) is 128 Å². The number of hydrogen-bond donors (Lipinski definition) is 5. The Bertz CT molecular complexity index is 1270. The second-order valence-corrected chi connectivity index (χ2v) is 9.40. The lowest BCUT2D eigenvalue weighted by atomic mass is 10.1. The molecule has 3 aromatic heterocycles. The minimum atomic E-state index is -0.370. The summed E-state index contributed by atoms with van der Waals surface area (Å²) in [6.45, 7) is 0.658. The molecule has 0 fully saturated rings. The number of urea groups is 1. The van der Waals surface area contributed by atoms with Crippen molar-refractivity contribution >= 4 is 56.7 Å². The normalized spacial score (nSPS) is 12.7. The smallest absolute Gasteiger partial charge is 0.325 e. The maximum absolute atomic E-state index is 12.5. The van der Waals surface area contributed by atoms with E-state index in [0.29, 0.717) is 10.8 Å². The lowest BCUT2D eigenvalue weighted by Crippen LogP contribution is -2.19. The Morgan fingerprint density at radius 2 is 2.16 bits per heavy atom. The van der Waals surface area contributed by atoms with E-state index in [0.717, 1.165) is 62.9 Å². The third-order valence-corrected chi connectivity index (χ3v) is 7.22. The van der Waals surface area contributed by atoms with E-state index in [1.807, 2.05) is 12.1 Å². The summed E-state index contributed by atoms with van der Waals surface area (Å²) in [6, 6.07) is 5.17. The molecule has 1 aromatic carbocycles. The van der Waals surface area contributed by atoms with Crippen LogP contribution in [0.15, 0.2) is 41.8 Å². The summed E-state index contributed by atoms with van der Waals surface area (Å²) in [6.07, 6.45) is 6.89. The SMILES string of the molecule is O=C(Nc1ncc(CCNc2ncnc3c2SCC3)s1)Nc1cccc2c(CO)c[nH]c12. The molecule has 1 aliphatic heterocycles. The fraction of sp³-hybridized carbons (Fsp3) is 0.238.